The first-order valence-electron chi connectivity index (χ1n) is 15.8. The number of urea groups is 1. The molecular formula is C27H50N6O17P2. The van der Waals surface area contributed by atoms with Gasteiger partial charge >= 0.3 is 33.6 Å². The molecule has 0 aliphatic carbocycles. The average Bonchev–Trinajstić information content (AvgIpc) is 2.99. The minimum atomic E-state index is -4.67. The van der Waals surface area contributed by atoms with Gasteiger partial charge in [-0.2, -0.15) is 0 Å². The van der Waals surface area contributed by atoms with Crippen molar-refractivity contribution >= 4 is 57.2 Å². The summed E-state index contributed by atoms with van der Waals surface area (Å²) in [6.45, 7) is 4.77. The van der Waals surface area contributed by atoms with Gasteiger partial charge in [-0.25, -0.2) is 13.9 Å². The van der Waals surface area contributed by atoms with E-state index in [0.717, 1.165) is 0 Å². The van der Waals surface area contributed by atoms with Gasteiger partial charge in [0.1, 0.15) is 12.2 Å². The van der Waals surface area contributed by atoms with Gasteiger partial charge in [-0.3, -0.25) is 46.9 Å². The predicted octanol–water partition coefficient (Wildman–Crippen LogP) is -1.52. The van der Waals surface area contributed by atoms with E-state index >= 15 is 0 Å². The predicted molar refractivity (Wildman–Crippen MR) is 178 cm³/mol. The van der Waals surface area contributed by atoms with Gasteiger partial charge in [0.05, 0.1) is 51.4 Å². The Hall–Kier alpha value is -3.69. The first-order valence-corrected chi connectivity index (χ1v) is 18.8. The van der Waals surface area contributed by atoms with E-state index in [1.165, 1.54) is 41.5 Å². The summed E-state index contributed by atoms with van der Waals surface area (Å²) >= 11 is 0. The van der Waals surface area contributed by atoms with Gasteiger partial charge in [0.25, 0.3) is 0 Å². The summed E-state index contributed by atoms with van der Waals surface area (Å²) < 4.78 is 53.5. The number of nitrogens with one attached hydrogen (secondary N) is 6. The van der Waals surface area contributed by atoms with Crippen LogP contribution in [0.5, 0.6) is 0 Å². The Balaban J connectivity index is 4.49. The number of phosphoric acid groups is 2. The van der Waals surface area contributed by atoms with Crippen LogP contribution in [0.2, 0.25) is 0 Å². The maximum absolute atomic E-state index is 12.2. The Kier molecular flexibility index (Phi) is 23.5. The second-order valence-electron chi connectivity index (χ2n) is 11.0. The van der Waals surface area contributed by atoms with Gasteiger partial charge < -0.3 is 51.2 Å². The summed E-state index contributed by atoms with van der Waals surface area (Å²) in [5.74, 6) is -3.18. The van der Waals surface area contributed by atoms with Crippen molar-refractivity contribution in [3.8, 4) is 0 Å². The number of carbonyl (C=O) groups excluding carboxylic acids is 7. The Morgan fingerprint density at radius 3 is 1.23 bits per heavy atom. The lowest BCUT2D eigenvalue weighted by molar-refractivity contribution is -0.148. The third kappa shape index (κ3) is 28.0. The van der Waals surface area contributed by atoms with E-state index in [1.54, 1.807) is 0 Å². The van der Waals surface area contributed by atoms with Crippen LogP contribution in [0.25, 0.3) is 0 Å². The lowest BCUT2D eigenvalue weighted by atomic mass is 10.2. The van der Waals surface area contributed by atoms with Crippen molar-refractivity contribution in [1.29, 1.82) is 0 Å². The van der Waals surface area contributed by atoms with Crippen LogP contribution in [0, 0.1) is 0 Å². The molecule has 6 atom stereocenters. The zero-order chi connectivity index (χ0) is 39.9. The Labute approximate surface area is 300 Å². The van der Waals surface area contributed by atoms with Crippen LogP contribution in [0.15, 0.2) is 0 Å². The Morgan fingerprint density at radius 2 is 0.923 bits per heavy atom. The fourth-order valence-corrected chi connectivity index (χ4v) is 5.35. The molecule has 0 aromatic rings. The highest BCUT2D eigenvalue weighted by Gasteiger charge is 2.26. The maximum Gasteiger partial charge on any atom is 0.472 e. The number of phosphoric ester groups is 2. The lowest BCUT2D eigenvalue weighted by Gasteiger charge is -2.21. The fraction of sp³-hybridized carbons (Fsp3) is 0.741. The summed E-state index contributed by atoms with van der Waals surface area (Å²) in [5.41, 5.74) is 0. The highest BCUT2D eigenvalue weighted by molar-refractivity contribution is 7.47. The molecule has 0 spiro atoms. The van der Waals surface area contributed by atoms with Crippen LogP contribution in [-0.2, 0) is 65.5 Å². The number of esters is 2. The monoisotopic (exact) mass is 792 g/mol. The summed E-state index contributed by atoms with van der Waals surface area (Å²) in [6, 6.07) is -2.66. The molecule has 0 aromatic heterocycles. The third-order valence-corrected chi connectivity index (χ3v) is 7.72. The highest BCUT2D eigenvalue weighted by atomic mass is 31.2. The first-order chi connectivity index (χ1) is 24.1. The SMILES string of the molecule is CC(=O)N[C@H](CNC(=O)C[C@@H](C)OC(C)=O)COP(=O)(O)OCCNC(=O)NCCOP(=O)(O)OC[C@@H](CNC(=O)C[C@@H](C)OC(C)=O)NC(C)=O. The molecule has 8 N–H and O–H groups in total. The molecule has 0 saturated heterocycles. The Bertz CT molecular complexity index is 1210. The van der Waals surface area contributed by atoms with Crippen LogP contribution >= 0.6 is 15.6 Å². The van der Waals surface area contributed by atoms with Gasteiger partial charge in [-0.15, -0.1) is 0 Å². The number of amides is 6. The number of hydrogen-bond donors (Lipinski definition) is 8. The van der Waals surface area contributed by atoms with Crippen molar-refractivity contribution in [2.45, 2.75) is 78.7 Å². The van der Waals surface area contributed by atoms with E-state index < -0.39 is 108 Å². The largest absolute Gasteiger partial charge is 0.472 e. The van der Waals surface area contributed by atoms with E-state index in [-0.39, 0.29) is 39.0 Å². The standard InChI is InChI=1S/C27H50N6O17P2/c1-17(49-21(5)36)11-25(38)30-13-23(32-19(3)34)15-47-51(41,42)45-9-7-28-27(40)29-8-10-46-52(43,44)48-16-24(33-20(4)35)14-31-26(39)12-18(2)50-22(6)37/h17-18,23-24H,7-16H2,1-6H3,(H,30,38)(H,31,39)(H,32,34)(H,33,35)(H,41,42)(H,43,44)(H2,28,29,40)/t17-,18-,23-,24-/m1/s1. The van der Waals surface area contributed by atoms with Crippen molar-refractivity contribution in [2.75, 3.05) is 52.6 Å². The molecule has 23 nitrogen and oxygen atoms in total. The Morgan fingerprint density at radius 1 is 0.577 bits per heavy atom. The van der Waals surface area contributed by atoms with Crippen molar-refractivity contribution in [1.82, 2.24) is 31.9 Å². The van der Waals surface area contributed by atoms with Crippen molar-refractivity contribution in [3.05, 3.63) is 0 Å². The van der Waals surface area contributed by atoms with Gasteiger partial charge in [0, 0.05) is 53.9 Å². The molecule has 300 valence electrons. The molecule has 6 amide bonds. The van der Waals surface area contributed by atoms with Gasteiger partial charge in [0.2, 0.25) is 23.6 Å². The topological polar surface area (TPSA) is 322 Å². The van der Waals surface area contributed by atoms with Crippen molar-refractivity contribution in [3.63, 3.8) is 0 Å². The summed E-state index contributed by atoms with van der Waals surface area (Å²) in [5, 5.41) is 14.4. The molecule has 0 aliphatic rings. The number of hydrogen-bond acceptors (Lipinski definition) is 15. The molecule has 0 bridgehead atoms. The molecule has 0 aliphatic heterocycles. The fourth-order valence-electron chi connectivity index (χ4n) is 3.83. The average molecular weight is 793 g/mol. The van der Waals surface area contributed by atoms with Crippen LogP contribution in [-0.4, -0.2) is 128 Å². The lowest BCUT2D eigenvalue weighted by Crippen LogP contribution is -2.46. The number of rotatable bonds is 26. The van der Waals surface area contributed by atoms with Gasteiger partial charge in [-0.1, -0.05) is 0 Å². The quantitative estimate of drug-likeness (QED) is 0.0280. The molecule has 25 heteroatoms. The van der Waals surface area contributed by atoms with E-state index in [1.807, 2.05) is 0 Å². The van der Waals surface area contributed by atoms with Crippen molar-refractivity contribution < 1.29 is 80.0 Å². The van der Waals surface area contributed by atoms with E-state index in [4.69, 9.17) is 27.6 Å². The van der Waals surface area contributed by atoms with Crippen LogP contribution in [0.3, 0.4) is 0 Å². The zero-order valence-electron chi connectivity index (χ0n) is 29.8. The first kappa shape index (κ1) is 48.3. The van der Waals surface area contributed by atoms with Crippen molar-refractivity contribution in [2.24, 2.45) is 0 Å². The normalized spacial score (nSPS) is 15.5. The minimum Gasteiger partial charge on any atom is -0.462 e. The second kappa shape index (κ2) is 25.3. The number of ether oxygens (including phenoxy) is 2. The van der Waals surface area contributed by atoms with Crippen LogP contribution < -0.4 is 31.9 Å². The molecule has 0 rings (SSSR count). The second-order valence-corrected chi connectivity index (χ2v) is 13.9. The van der Waals surface area contributed by atoms with Crippen LogP contribution in [0.4, 0.5) is 4.79 Å². The van der Waals surface area contributed by atoms with Gasteiger partial charge in [0.15, 0.2) is 0 Å². The summed E-state index contributed by atoms with van der Waals surface area (Å²) in [6.07, 6.45) is -1.72. The molecule has 0 heterocycles. The number of carbonyl (C=O) groups is 7. The molecule has 0 aromatic carbocycles. The minimum absolute atomic E-state index is 0.160. The zero-order valence-corrected chi connectivity index (χ0v) is 31.6. The van der Waals surface area contributed by atoms with Gasteiger partial charge in [-0.05, 0) is 13.8 Å². The molecule has 52 heavy (non-hydrogen) atoms. The third-order valence-electron chi connectivity index (χ3n) is 5.75. The molecule has 0 saturated carbocycles. The molecular weight excluding hydrogens is 742 g/mol. The maximum atomic E-state index is 12.2. The summed E-state index contributed by atoms with van der Waals surface area (Å²) in [4.78, 5) is 101. The summed E-state index contributed by atoms with van der Waals surface area (Å²) in [7, 11) is -9.34. The smallest absolute Gasteiger partial charge is 0.462 e. The molecule has 2 unspecified atom stereocenters. The highest BCUT2D eigenvalue weighted by Crippen LogP contribution is 2.43. The molecule has 0 fully saturated rings. The van der Waals surface area contributed by atoms with E-state index in [0.29, 0.717) is 0 Å². The van der Waals surface area contributed by atoms with E-state index in [2.05, 4.69) is 31.9 Å². The molecule has 0 radical (unpaired) electrons. The van der Waals surface area contributed by atoms with E-state index in [9.17, 15) is 52.5 Å². The van der Waals surface area contributed by atoms with Crippen LogP contribution in [0.1, 0.15) is 54.4 Å².